The molecule has 56 heavy (non-hydrogen) atoms. The largest absolute Gasteiger partial charge is 0.276 e. The van der Waals surface area contributed by atoms with E-state index in [1.807, 2.05) is 60.7 Å². The van der Waals surface area contributed by atoms with E-state index in [0.29, 0.717) is 11.4 Å². The van der Waals surface area contributed by atoms with Gasteiger partial charge in [0.15, 0.2) is 0 Å². The van der Waals surface area contributed by atoms with Crippen LogP contribution in [-0.2, 0) is 0 Å². The molecule has 0 unspecified atom stereocenters. The van der Waals surface area contributed by atoms with Crippen molar-refractivity contribution < 1.29 is 0 Å². The van der Waals surface area contributed by atoms with Crippen LogP contribution in [-0.4, -0.2) is 57.9 Å². The molecule has 0 aliphatic rings. The fraction of sp³-hybridized carbons (Fsp3) is 0. The lowest BCUT2D eigenvalue weighted by atomic mass is 10.1. The van der Waals surface area contributed by atoms with Crippen LogP contribution in [0.25, 0.3) is 101 Å². The first-order valence-corrected chi connectivity index (χ1v) is 18.3. The van der Waals surface area contributed by atoms with Crippen molar-refractivity contribution in [3.8, 4) is 22.7 Å². The fourth-order valence-electron chi connectivity index (χ4n) is 8.34. The van der Waals surface area contributed by atoms with Gasteiger partial charge in [0.1, 0.15) is 33.4 Å². The van der Waals surface area contributed by atoms with Gasteiger partial charge in [-0.2, -0.15) is 0 Å². The monoisotopic (exact) mass is 722 g/mol. The second-order valence-corrected chi connectivity index (χ2v) is 13.9. The number of benzene rings is 7. The van der Waals surface area contributed by atoms with Crippen LogP contribution in [0.4, 0.5) is 0 Å². The van der Waals surface area contributed by atoms with E-state index in [-0.39, 0.29) is 0 Å². The highest BCUT2D eigenvalue weighted by atomic mass is 15.5. The van der Waals surface area contributed by atoms with Crippen LogP contribution in [0, 0.1) is 0 Å². The van der Waals surface area contributed by atoms with Gasteiger partial charge in [-0.3, -0.25) is 17.9 Å². The first-order chi connectivity index (χ1) is 27.8. The Morgan fingerprint density at radius 1 is 0.286 bits per heavy atom. The molecule has 6 aromatic heterocycles. The zero-order chi connectivity index (χ0) is 36.5. The van der Waals surface area contributed by atoms with E-state index in [1.165, 1.54) is 0 Å². The number of imidazole rings is 4. The van der Waals surface area contributed by atoms with Gasteiger partial charge in [0.05, 0.1) is 55.5 Å². The summed E-state index contributed by atoms with van der Waals surface area (Å²) < 4.78 is 8.94. The third kappa shape index (κ3) is 3.90. The number of aromatic nitrogens is 12. The molecular weight excluding hydrogens is 697 g/mol. The zero-order valence-corrected chi connectivity index (χ0v) is 29.4. The molecule has 0 saturated carbocycles. The summed E-state index contributed by atoms with van der Waals surface area (Å²) in [5.41, 5.74) is 14.1. The van der Waals surface area contributed by atoms with Crippen molar-refractivity contribution in [3.05, 3.63) is 158 Å². The van der Waals surface area contributed by atoms with Crippen LogP contribution in [0.2, 0.25) is 0 Å². The summed E-state index contributed by atoms with van der Waals surface area (Å²) in [6.45, 7) is 0. The van der Waals surface area contributed by atoms with Gasteiger partial charge in [-0.25, -0.2) is 9.97 Å². The number of para-hydroxylation sites is 8. The molecule has 0 spiro atoms. The van der Waals surface area contributed by atoms with E-state index in [0.717, 1.165) is 89.1 Å². The van der Waals surface area contributed by atoms with Crippen molar-refractivity contribution in [2.45, 2.75) is 0 Å². The Bertz CT molecular complexity index is 3430. The lowest BCUT2D eigenvalue weighted by Crippen LogP contribution is -2.13. The summed E-state index contributed by atoms with van der Waals surface area (Å²) in [7, 11) is 0. The van der Waals surface area contributed by atoms with Crippen molar-refractivity contribution in [2.75, 3.05) is 0 Å². The predicted octanol–water partition coefficient (Wildman–Crippen LogP) is 8.64. The van der Waals surface area contributed by atoms with Crippen molar-refractivity contribution in [1.29, 1.82) is 0 Å². The minimum absolute atomic E-state index is 0.688. The molecule has 0 radical (unpaired) electrons. The lowest BCUT2D eigenvalue weighted by Gasteiger charge is -2.18. The molecule has 13 rings (SSSR count). The minimum Gasteiger partial charge on any atom is -0.276 e. The molecule has 0 saturated heterocycles. The fourth-order valence-corrected chi connectivity index (χ4v) is 8.34. The summed E-state index contributed by atoms with van der Waals surface area (Å²) >= 11 is 0. The van der Waals surface area contributed by atoms with Crippen LogP contribution < -0.4 is 0 Å². The smallest absolute Gasteiger partial charge is 0.220 e. The molecule has 0 N–H and O–H groups in total. The number of hydrogen-bond acceptors (Lipinski definition) is 6. The quantitative estimate of drug-likeness (QED) is 0.180. The highest BCUT2D eigenvalue weighted by Gasteiger charge is 2.27. The van der Waals surface area contributed by atoms with Gasteiger partial charge in [-0.15, -0.1) is 30.0 Å². The SMILES string of the molecule is c1ccc2nn(-c3cc(-n4c5ccccc5n5c6ccccc6nc45)c(-n4c5ccccc5n5c6ccccc6nc45)cc3-n3nc4ccccc4n3)nc2c1. The van der Waals surface area contributed by atoms with Gasteiger partial charge in [0.25, 0.3) is 0 Å². The summed E-state index contributed by atoms with van der Waals surface area (Å²) in [6.07, 6.45) is 0. The van der Waals surface area contributed by atoms with Crippen molar-refractivity contribution in [2.24, 2.45) is 0 Å². The number of hydrogen-bond donors (Lipinski definition) is 0. The normalized spacial score (nSPS) is 12.3. The molecule has 7 aromatic carbocycles. The summed E-state index contributed by atoms with van der Waals surface area (Å²) in [5.74, 6) is 1.55. The molecule has 0 amide bonds. The molecule has 6 heterocycles. The van der Waals surface area contributed by atoms with Gasteiger partial charge < -0.3 is 0 Å². The third-order valence-electron chi connectivity index (χ3n) is 10.8. The van der Waals surface area contributed by atoms with Crippen LogP contribution in [0.3, 0.4) is 0 Å². The molecule has 12 heteroatoms. The molecule has 0 bridgehead atoms. The Labute approximate surface area is 315 Å². The molecule has 262 valence electrons. The van der Waals surface area contributed by atoms with Gasteiger partial charge in [0.2, 0.25) is 11.6 Å². The number of nitrogens with zero attached hydrogens (tertiary/aromatic N) is 12. The Morgan fingerprint density at radius 2 is 0.589 bits per heavy atom. The molecule has 0 atom stereocenters. The molecule has 13 aromatic rings. The van der Waals surface area contributed by atoms with E-state index in [1.54, 1.807) is 9.59 Å². The van der Waals surface area contributed by atoms with Gasteiger partial charge >= 0.3 is 0 Å². The average Bonchev–Trinajstić information content (AvgIpc) is 4.09. The zero-order valence-electron chi connectivity index (χ0n) is 29.4. The summed E-state index contributed by atoms with van der Waals surface area (Å²) in [5, 5.41) is 20.0. The second-order valence-electron chi connectivity index (χ2n) is 13.9. The van der Waals surface area contributed by atoms with Crippen molar-refractivity contribution in [3.63, 3.8) is 0 Å². The van der Waals surface area contributed by atoms with Crippen LogP contribution in [0.1, 0.15) is 0 Å². The molecule has 12 nitrogen and oxygen atoms in total. The molecule has 0 aliphatic carbocycles. The maximum Gasteiger partial charge on any atom is 0.220 e. The van der Waals surface area contributed by atoms with Gasteiger partial charge in [0, 0.05) is 0 Å². The van der Waals surface area contributed by atoms with E-state index in [4.69, 9.17) is 30.4 Å². The Kier molecular flexibility index (Phi) is 5.63. The predicted molar refractivity (Wildman–Crippen MR) is 217 cm³/mol. The summed E-state index contributed by atoms with van der Waals surface area (Å²) in [4.78, 5) is 14.0. The van der Waals surface area contributed by atoms with Gasteiger partial charge in [-0.05, 0) is 84.9 Å². The second kappa shape index (κ2) is 10.7. The first kappa shape index (κ1) is 29.3. The number of fused-ring (bicyclic) bond motifs is 12. The Balaban J connectivity index is 1.25. The Morgan fingerprint density at radius 3 is 0.964 bits per heavy atom. The lowest BCUT2D eigenvalue weighted by molar-refractivity contribution is 0.715. The van der Waals surface area contributed by atoms with Crippen LogP contribution >= 0.6 is 0 Å². The van der Waals surface area contributed by atoms with E-state index in [2.05, 4.69) is 115 Å². The summed E-state index contributed by atoms with van der Waals surface area (Å²) in [6, 6.07) is 53.4. The molecule has 0 fully saturated rings. The highest BCUT2D eigenvalue weighted by Crippen LogP contribution is 2.38. The number of rotatable bonds is 4. The highest BCUT2D eigenvalue weighted by molar-refractivity contribution is 5.96. The van der Waals surface area contributed by atoms with Gasteiger partial charge in [-0.1, -0.05) is 72.8 Å². The van der Waals surface area contributed by atoms with E-state index in [9.17, 15) is 0 Å². The third-order valence-corrected chi connectivity index (χ3v) is 10.8. The Hall–Kier alpha value is -8.12. The standard InChI is InChI=1S/C44H26N12/c1-2-14-28-27(13-1)47-55(48-28)41-25-39(53-37-23-11-9-21-35(37)51-33-19-7-5-17-31(33)45-43(51)53)40(26-42(41)56-49-29-15-3-4-16-30(29)50-56)54-38-24-12-10-22-36(38)52-34-20-8-6-18-32(34)46-44(52)54/h1-26H. The molecular formula is C44H26N12. The van der Waals surface area contributed by atoms with Crippen LogP contribution in [0.15, 0.2) is 158 Å². The average molecular weight is 723 g/mol. The van der Waals surface area contributed by atoms with Crippen molar-refractivity contribution in [1.82, 2.24) is 57.9 Å². The maximum atomic E-state index is 5.29. The van der Waals surface area contributed by atoms with Crippen LogP contribution in [0.5, 0.6) is 0 Å². The van der Waals surface area contributed by atoms with E-state index < -0.39 is 0 Å². The maximum absolute atomic E-state index is 5.29. The minimum atomic E-state index is 0.688. The van der Waals surface area contributed by atoms with Crippen molar-refractivity contribution >= 4 is 77.8 Å². The van der Waals surface area contributed by atoms with E-state index >= 15 is 0 Å². The first-order valence-electron chi connectivity index (χ1n) is 18.3. The topological polar surface area (TPSA) is 106 Å². The molecule has 0 aliphatic heterocycles.